The number of rotatable bonds is 7. The average molecular weight is 290 g/mol. The first-order valence-corrected chi connectivity index (χ1v) is 6.61. The molecule has 0 aliphatic carbocycles. The van der Waals surface area contributed by atoms with Crippen molar-refractivity contribution in [3.63, 3.8) is 0 Å². The lowest BCUT2D eigenvalue weighted by Gasteiger charge is -2.09. The first-order valence-electron chi connectivity index (χ1n) is 6.61. The number of hydrogen-bond acceptors (Lipinski definition) is 6. The van der Waals surface area contributed by atoms with Crippen LogP contribution >= 0.6 is 0 Å². The molecule has 112 valence electrons. The molecule has 0 radical (unpaired) electrons. The number of benzene rings is 1. The lowest BCUT2D eigenvalue weighted by molar-refractivity contribution is 0.110. The average Bonchev–Trinajstić information content (AvgIpc) is 2.90. The van der Waals surface area contributed by atoms with Crippen molar-refractivity contribution in [2.75, 3.05) is 13.7 Å². The Hall–Kier alpha value is -2.50. The third-order valence-electron chi connectivity index (χ3n) is 2.65. The number of methoxy groups -OCH3 is 1. The van der Waals surface area contributed by atoms with Gasteiger partial charge in [0.25, 0.3) is 0 Å². The highest BCUT2D eigenvalue weighted by Crippen LogP contribution is 2.27. The van der Waals surface area contributed by atoms with E-state index in [0.717, 1.165) is 11.3 Å². The van der Waals surface area contributed by atoms with E-state index >= 15 is 0 Å². The van der Waals surface area contributed by atoms with E-state index in [1.165, 1.54) is 0 Å². The molecule has 0 saturated heterocycles. The standard InChI is InChI=1S/C15H18N2O4/c1-4-19-14-6-5-12(8-15(14)18-3)9-16-20-10-13-7-11(2)17-21-13/h5-9H,4,10H2,1-3H3/b16-9+. The summed E-state index contributed by atoms with van der Waals surface area (Å²) in [5.74, 6) is 2.00. The van der Waals surface area contributed by atoms with Gasteiger partial charge in [0.15, 0.2) is 23.9 Å². The second kappa shape index (κ2) is 7.33. The Kier molecular flexibility index (Phi) is 5.20. The van der Waals surface area contributed by atoms with Crippen LogP contribution in [0.4, 0.5) is 0 Å². The first-order chi connectivity index (χ1) is 10.2. The highest BCUT2D eigenvalue weighted by atomic mass is 16.6. The van der Waals surface area contributed by atoms with Gasteiger partial charge in [-0.25, -0.2) is 0 Å². The van der Waals surface area contributed by atoms with Crippen molar-refractivity contribution in [2.45, 2.75) is 20.5 Å². The lowest BCUT2D eigenvalue weighted by atomic mass is 10.2. The summed E-state index contributed by atoms with van der Waals surface area (Å²) in [5.41, 5.74) is 1.66. The second-order valence-corrected chi connectivity index (χ2v) is 4.29. The molecule has 0 amide bonds. The number of aromatic nitrogens is 1. The molecule has 0 fully saturated rings. The van der Waals surface area contributed by atoms with Crippen molar-refractivity contribution in [1.29, 1.82) is 0 Å². The fourth-order valence-corrected chi connectivity index (χ4v) is 1.72. The van der Waals surface area contributed by atoms with Crippen molar-refractivity contribution in [1.82, 2.24) is 5.16 Å². The van der Waals surface area contributed by atoms with Gasteiger partial charge in [0, 0.05) is 11.6 Å². The Morgan fingerprint density at radius 1 is 1.29 bits per heavy atom. The van der Waals surface area contributed by atoms with Gasteiger partial charge in [-0.3, -0.25) is 0 Å². The predicted octanol–water partition coefficient (Wildman–Crippen LogP) is 2.94. The summed E-state index contributed by atoms with van der Waals surface area (Å²) >= 11 is 0. The molecule has 1 heterocycles. The lowest BCUT2D eigenvalue weighted by Crippen LogP contribution is -1.96. The van der Waals surface area contributed by atoms with Gasteiger partial charge >= 0.3 is 0 Å². The van der Waals surface area contributed by atoms with Gasteiger partial charge in [-0.05, 0) is 32.0 Å². The Morgan fingerprint density at radius 2 is 2.14 bits per heavy atom. The van der Waals surface area contributed by atoms with Crippen LogP contribution in [0.2, 0.25) is 0 Å². The molecule has 1 aromatic heterocycles. The fourth-order valence-electron chi connectivity index (χ4n) is 1.72. The maximum Gasteiger partial charge on any atom is 0.177 e. The number of aryl methyl sites for hydroxylation is 1. The van der Waals surface area contributed by atoms with Crippen LogP contribution in [0.3, 0.4) is 0 Å². The van der Waals surface area contributed by atoms with E-state index in [1.807, 2.05) is 32.0 Å². The molecule has 6 nitrogen and oxygen atoms in total. The summed E-state index contributed by atoms with van der Waals surface area (Å²) in [6.45, 7) is 4.60. The van der Waals surface area contributed by atoms with E-state index in [9.17, 15) is 0 Å². The molecule has 0 N–H and O–H groups in total. The smallest absolute Gasteiger partial charge is 0.177 e. The monoisotopic (exact) mass is 290 g/mol. The molecule has 6 heteroatoms. The third kappa shape index (κ3) is 4.24. The van der Waals surface area contributed by atoms with Crippen molar-refractivity contribution >= 4 is 6.21 Å². The predicted molar refractivity (Wildman–Crippen MR) is 77.8 cm³/mol. The summed E-state index contributed by atoms with van der Waals surface area (Å²) in [5, 5.41) is 7.65. The van der Waals surface area contributed by atoms with Gasteiger partial charge in [-0.2, -0.15) is 0 Å². The third-order valence-corrected chi connectivity index (χ3v) is 2.65. The van der Waals surface area contributed by atoms with Crippen LogP contribution in [0.5, 0.6) is 11.5 Å². The normalized spacial score (nSPS) is 10.8. The molecular weight excluding hydrogens is 272 g/mol. The van der Waals surface area contributed by atoms with Crippen LogP contribution in [0, 0.1) is 6.92 Å². The number of ether oxygens (including phenoxy) is 2. The van der Waals surface area contributed by atoms with E-state index in [1.54, 1.807) is 19.4 Å². The SMILES string of the molecule is CCOc1ccc(/C=N/OCc2cc(C)no2)cc1OC. The first kappa shape index (κ1) is 14.9. The van der Waals surface area contributed by atoms with Crippen LogP contribution < -0.4 is 9.47 Å². The minimum absolute atomic E-state index is 0.242. The molecule has 0 unspecified atom stereocenters. The van der Waals surface area contributed by atoms with Crippen LogP contribution in [0.25, 0.3) is 0 Å². The summed E-state index contributed by atoms with van der Waals surface area (Å²) in [6.07, 6.45) is 1.60. The highest BCUT2D eigenvalue weighted by Gasteiger charge is 2.04. The Morgan fingerprint density at radius 3 is 2.81 bits per heavy atom. The molecule has 21 heavy (non-hydrogen) atoms. The number of hydrogen-bond donors (Lipinski definition) is 0. The van der Waals surface area contributed by atoms with Crippen molar-refractivity contribution in [3.05, 3.63) is 41.3 Å². The molecule has 2 rings (SSSR count). The topological polar surface area (TPSA) is 66.1 Å². The molecule has 2 aromatic rings. The zero-order valence-corrected chi connectivity index (χ0v) is 12.3. The molecule has 0 bridgehead atoms. The van der Waals surface area contributed by atoms with E-state index in [4.69, 9.17) is 18.8 Å². The van der Waals surface area contributed by atoms with Crippen molar-refractivity contribution in [2.24, 2.45) is 5.16 Å². The van der Waals surface area contributed by atoms with Crippen LogP contribution in [-0.4, -0.2) is 25.1 Å². The molecule has 0 saturated carbocycles. The summed E-state index contributed by atoms with van der Waals surface area (Å²) in [6, 6.07) is 7.34. The zero-order valence-electron chi connectivity index (χ0n) is 12.3. The van der Waals surface area contributed by atoms with Crippen molar-refractivity contribution in [3.8, 4) is 11.5 Å². The van der Waals surface area contributed by atoms with Gasteiger partial charge in [0.2, 0.25) is 0 Å². The molecular formula is C15H18N2O4. The Bertz CT molecular complexity index is 607. The summed E-state index contributed by atoms with van der Waals surface area (Å²) < 4.78 is 15.7. The van der Waals surface area contributed by atoms with Crippen LogP contribution in [0.1, 0.15) is 23.9 Å². The zero-order chi connectivity index (χ0) is 15.1. The second-order valence-electron chi connectivity index (χ2n) is 4.29. The molecule has 0 aliphatic rings. The molecule has 0 atom stereocenters. The van der Waals surface area contributed by atoms with E-state index in [0.29, 0.717) is 23.9 Å². The van der Waals surface area contributed by atoms with Crippen molar-refractivity contribution < 1.29 is 18.8 Å². The Labute approximate surface area is 123 Å². The molecule has 0 spiro atoms. The van der Waals surface area contributed by atoms with E-state index in [-0.39, 0.29) is 6.61 Å². The van der Waals surface area contributed by atoms with Crippen LogP contribution in [-0.2, 0) is 11.4 Å². The summed E-state index contributed by atoms with van der Waals surface area (Å²) in [7, 11) is 1.60. The number of oxime groups is 1. The van der Waals surface area contributed by atoms with Crippen LogP contribution in [0.15, 0.2) is 33.9 Å². The molecule has 1 aromatic carbocycles. The van der Waals surface area contributed by atoms with Gasteiger partial charge in [0.05, 0.1) is 25.6 Å². The summed E-state index contributed by atoms with van der Waals surface area (Å²) in [4.78, 5) is 5.15. The van der Waals surface area contributed by atoms with Gasteiger partial charge in [-0.15, -0.1) is 0 Å². The van der Waals surface area contributed by atoms with Gasteiger partial charge in [0.1, 0.15) is 0 Å². The molecule has 0 aliphatic heterocycles. The van der Waals surface area contributed by atoms with Gasteiger partial charge in [-0.1, -0.05) is 10.3 Å². The van der Waals surface area contributed by atoms with E-state index < -0.39 is 0 Å². The quantitative estimate of drug-likeness (QED) is 0.579. The minimum atomic E-state index is 0.242. The fraction of sp³-hybridized carbons (Fsp3) is 0.333. The number of nitrogens with zero attached hydrogens (tertiary/aromatic N) is 2. The van der Waals surface area contributed by atoms with E-state index in [2.05, 4.69) is 10.3 Å². The maximum absolute atomic E-state index is 5.45. The highest BCUT2D eigenvalue weighted by molar-refractivity contribution is 5.80. The largest absolute Gasteiger partial charge is 0.493 e. The minimum Gasteiger partial charge on any atom is -0.493 e. The van der Waals surface area contributed by atoms with Gasteiger partial charge < -0.3 is 18.8 Å². The Balaban J connectivity index is 1.94. The maximum atomic E-state index is 5.45.